The molecule has 2 unspecified atom stereocenters. The Bertz CT molecular complexity index is 873. The SMILES string of the molecule is C/C=C/C1CCC(c2ccc(-c3ccc(COC)c(F)c3F)c(F)c2F)SC1. The Hall–Kier alpha value is -1.79. The van der Waals surface area contributed by atoms with E-state index < -0.39 is 23.3 Å². The van der Waals surface area contributed by atoms with E-state index in [1.807, 2.05) is 13.0 Å². The van der Waals surface area contributed by atoms with E-state index in [4.69, 9.17) is 4.74 Å². The third-order valence-electron chi connectivity index (χ3n) is 4.99. The maximum atomic E-state index is 14.8. The third-order valence-corrected chi connectivity index (χ3v) is 6.50. The molecule has 1 saturated heterocycles. The fourth-order valence-corrected chi connectivity index (χ4v) is 4.95. The van der Waals surface area contributed by atoms with E-state index in [-0.39, 0.29) is 34.1 Å². The summed E-state index contributed by atoms with van der Waals surface area (Å²) in [5.74, 6) is -3.16. The molecule has 3 rings (SSSR count). The molecule has 2 aromatic carbocycles. The van der Waals surface area contributed by atoms with Crippen molar-refractivity contribution in [2.75, 3.05) is 12.9 Å². The first-order valence-electron chi connectivity index (χ1n) is 9.16. The van der Waals surface area contributed by atoms with Gasteiger partial charge in [-0.3, -0.25) is 0 Å². The van der Waals surface area contributed by atoms with E-state index in [0.29, 0.717) is 5.92 Å². The normalized spacial score (nSPS) is 20.1. The summed E-state index contributed by atoms with van der Waals surface area (Å²) in [5.41, 5.74) is -0.281. The second kappa shape index (κ2) is 9.14. The van der Waals surface area contributed by atoms with Gasteiger partial charge >= 0.3 is 0 Å². The van der Waals surface area contributed by atoms with Crippen molar-refractivity contribution in [2.45, 2.75) is 31.6 Å². The van der Waals surface area contributed by atoms with Crippen molar-refractivity contribution in [3.05, 3.63) is 70.8 Å². The lowest BCUT2D eigenvalue weighted by molar-refractivity contribution is 0.180. The van der Waals surface area contributed by atoms with Gasteiger partial charge < -0.3 is 4.74 Å². The molecule has 0 N–H and O–H groups in total. The van der Waals surface area contributed by atoms with Gasteiger partial charge in [0, 0.05) is 40.4 Å². The van der Waals surface area contributed by atoms with Gasteiger partial charge in [0.15, 0.2) is 23.3 Å². The molecule has 28 heavy (non-hydrogen) atoms. The molecule has 1 nitrogen and oxygen atoms in total. The molecule has 1 aliphatic heterocycles. The van der Waals surface area contributed by atoms with Crippen LogP contribution in [-0.4, -0.2) is 12.9 Å². The van der Waals surface area contributed by atoms with Crippen LogP contribution in [-0.2, 0) is 11.3 Å². The van der Waals surface area contributed by atoms with E-state index in [0.717, 1.165) is 18.6 Å². The molecule has 0 spiro atoms. The van der Waals surface area contributed by atoms with Crippen LogP contribution in [0.25, 0.3) is 11.1 Å². The first-order chi connectivity index (χ1) is 13.5. The molecule has 0 bridgehead atoms. The lowest BCUT2D eigenvalue weighted by Crippen LogP contribution is -2.13. The minimum atomic E-state index is -1.21. The second-order valence-corrected chi connectivity index (χ2v) is 8.08. The second-order valence-electron chi connectivity index (χ2n) is 6.85. The molecule has 0 saturated carbocycles. The van der Waals surface area contributed by atoms with Crippen molar-refractivity contribution in [3.8, 4) is 11.1 Å². The van der Waals surface area contributed by atoms with Crippen LogP contribution in [0.15, 0.2) is 36.4 Å². The maximum absolute atomic E-state index is 14.8. The predicted octanol–water partition coefficient (Wildman–Crippen LogP) is 6.82. The number of hydrogen-bond donors (Lipinski definition) is 0. The lowest BCUT2D eigenvalue weighted by Gasteiger charge is -2.27. The van der Waals surface area contributed by atoms with E-state index in [9.17, 15) is 17.6 Å². The topological polar surface area (TPSA) is 9.23 Å². The summed E-state index contributed by atoms with van der Waals surface area (Å²) in [6, 6.07) is 5.39. The molecule has 0 radical (unpaired) electrons. The largest absolute Gasteiger partial charge is 0.380 e. The molecule has 1 aliphatic rings. The van der Waals surface area contributed by atoms with E-state index in [2.05, 4.69) is 6.08 Å². The molecule has 6 heteroatoms. The minimum absolute atomic E-state index is 0.0236. The highest BCUT2D eigenvalue weighted by Gasteiger charge is 2.27. The fourth-order valence-electron chi connectivity index (χ4n) is 3.53. The van der Waals surface area contributed by atoms with Gasteiger partial charge in [-0.05, 0) is 25.7 Å². The summed E-state index contributed by atoms with van der Waals surface area (Å²) in [4.78, 5) is 0. The van der Waals surface area contributed by atoms with E-state index in [1.54, 1.807) is 11.8 Å². The molecule has 1 heterocycles. The summed E-state index contributed by atoms with van der Waals surface area (Å²) in [6.45, 7) is 1.86. The van der Waals surface area contributed by atoms with Gasteiger partial charge in [-0.1, -0.05) is 36.4 Å². The number of halogens is 4. The van der Waals surface area contributed by atoms with Crippen molar-refractivity contribution in [1.82, 2.24) is 0 Å². The fraction of sp³-hybridized carbons (Fsp3) is 0.364. The smallest absolute Gasteiger partial charge is 0.167 e. The maximum Gasteiger partial charge on any atom is 0.167 e. The van der Waals surface area contributed by atoms with Gasteiger partial charge in [-0.15, -0.1) is 0 Å². The number of rotatable bonds is 5. The third kappa shape index (κ3) is 4.13. The highest BCUT2D eigenvalue weighted by Crippen LogP contribution is 2.43. The summed E-state index contributed by atoms with van der Waals surface area (Å²) >= 11 is 1.60. The van der Waals surface area contributed by atoms with Crippen LogP contribution in [0.5, 0.6) is 0 Å². The molecule has 1 fully saturated rings. The number of hydrogen-bond acceptors (Lipinski definition) is 2. The van der Waals surface area contributed by atoms with Gasteiger partial charge in [0.1, 0.15) is 0 Å². The van der Waals surface area contributed by atoms with E-state index in [1.165, 1.54) is 31.4 Å². The van der Waals surface area contributed by atoms with Gasteiger partial charge in [-0.25, -0.2) is 17.6 Å². The van der Waals surface area contributed by atoms with Gasteiger partial charge in [-0.2, -0.15) is 11.8 Å². The van der Waals surface area contributed by atoms with Crippen molar-refractivity contribution >= 4 is 11.8 Å². The molecule has 0 aromatic heterocycles. The average Bonchev–Trinajstić information content (AvgIpc) is 2.69. The Morgan fingerprint density at radius 2 is 1.64 bits per heavy atom. The zero-order chi connectivity index (χ0) is 20.3. The van der Waals surface area contributed by atoms with Crippen molar-refractivity contribution < 1.29 is 22.3 Å². The van der Waals surface area contributed by atoms with Gasteiger partial charge in [0.25, 0.3) is 0 Å². The van der Waals surface area contributed by atoms with Crippen LogP contribution >= 0.6 is 11.8 Å². The number of allylic oxidation sites excluding steroid dienone is 2. The number of benzene rings is 2. The zero-order valence-electron chi connectivity index (χ0n) is 15.8. The highest BCUT2D eigenvalue weighted by molar-refractivity contribution is 7.99. The monoisotopic (exact) mass is 410 g/mol. The summed E-state index contributed by atoms with van der Waals surface area (Å²) in [7, 11) is 1.36. The van der Waals surface area contributed by atoms with Crippen molar-refractivity contribution in [1.29, 1.82) is 0 Å². The zero-order valence-corrected chi connectivity index (χ0v) is 16.6. The lowest BCUT2D eigenvalue weighted by atomic mass is 9.96. The molecule has 150 valence electrons. The number of ether oxygens (including phenoxy) is 1. The molecule has 2 aromatic rings. The molecular weight excluding hydrogens is 388 g/mol. The first-order valence-corrected chi connectivity index (χ1v) is 10.2. The Morgan fingerprint density at radius 1 is 0.964 bits per heavy atom. The molecule has 0 aliphatic carbocycles. The van der Waals surface area contributed by atoms with Crippen LogP contribution < -0.4 is 0 Å². The van der Waals surface area contributed by atoms with Crippen LogP contribution in [0.1, 0.15) is 36.1 Å². The average molecular weight is 410 g/mol. The van der Waals surface area contributed by atoms with Crippen LogP contribution in [0.2, 0.25) is 0 Å². The van der Waals surface area contributed by atoms with Crippen LogP contribution in [0.4, 0.5) is 17.6 Å². The standard InChI is InChI=1S/C22H22F4OS/c1-3-4-13-5-10-18(28-12-13)17-9-8-16(21(25)22(17)26)15-7-6-14(11-27-2)19(23)20(15)24/h3-4,6-9,13,18H,5,10-12H2,1-2H3/b4-3+. The molecule has 2 atom stereocenters. The Labute approximate surface area is 166 Å². The molecule has 0 amide bonds. The predicted molar refractivity (Wildman–Crippen MR) is 105 cm³/mol. The highest BCUT2D eigenvalue weighted by atomic mass is 32.2. The Morgan fingerprint density at radius 3 is 2.25 bits per heavy atom. The summed E-state index contributed by atoms with van der Waals surface area (Å²) < 4.78 is 62.9. The first kappa shape index (κ1) is 20.9. The number of thioether (sulfide) groups is 1. The minimum Gasteiger partial charge on any atom is -0.380 e. The summed E-state index contributed by atoms with van der Waals surface area (Å²) in [5, 5.41) is -0.143. The Balaban J connectivity index is 1.90. The van der Waals surface area contributed by atoms with Gasteiger partial charge in [0.05, 0.1) is 6.61 Å². The number of methoxy groups -OCH3 is 1. The summed E-state index contributed by atoms with van der Waals surface area (Å²) in [6.07, 6.45) is 5.79. The van der Waals surface area contributed by atoms with Crippen molar-refractivity contribution in [2.24, 2.45) is 5.92 Å². The van der Waals surface area contributed by atoms with E-state index >= 15 is 0 Å². The van der Waals surface area contributed by atoms with Gasteiger partial charge in [0.2, 0.25) is 0 Å². The van der Waals surface area contributed by atoms with Crippen LogP contribution in [0.3, 0.4) is 0 Å². The van der Waals surface area contributed by atoms with Crippen LogP contribution in [0, 0.1) is 29.2 Å². The van der Waals surface area contributed by atoms with Crippen molar-refractivity contribution in [3.63, 3.8) is 0 Å². The Kier molecular flexibility index (Phi) is 6.83. The quantitative estimate of drug-likeness (QED) is 0.395. The molecular formula is C22H22F4OS.